The third-order valence-electron chi connectivity index (χ3n) is 3.54. The van der Waals surface area contributed by atoms with Crippen LogP contribution in [0.2, 0.25) is 0 Å². The number of hydrogen-bond donors (Lipinski definition) is 2. The van der Waals surface area contributed by atoms with Crippen LogP contribution in [-0.2, 0) is 14.3 Å². The van der Waals surface area contributed by atoms with Crippen molar-refractivity contribution in [1.29, 1.82) is 0 Å². The normalized spacial score (nSPS) is 24.4. The minimum Gasteiger partial charge on any atom is -0.480 e. The Bertz CT molecular complexity index is 367. The number of ether oxygens (including phenoxy) is 1. The Morgan fingerprint density at radius 1 is 1.38 bits per heavy atom. The molecular formula is C15H26FNO4. The number of carboxylic acid groups (broad SMARTS) is 1. The first-order valence-corrected chi connectivity index (χ1v) is 7.50. The van der Waals surface area contributed by atoms with Crippen LogP contribution < -0.4 is 5.32 Å². The van der Waals surface area contributed by atoms with Gasteiger partial charge in [0.15, 0.2) is 0 Å². The van der Waals surface area contributed by atoms with Crippen molar-refractivity contribution in [3.05, 3.63) is 0 Å². The SMILES string of the molecule is CC(C)(C)OCCC(NC(=O)C1CCCC(F)C1)C(=O)O. The van der Waals surface area contributed by atoms with E-state index in [1.807, 2.05) is 20.8 Å². The van der Waals surface area contributed by atoms with Crippen LogP contribution in [0.15, 0.2) is 0 Å². The summed E-state index contributed by atoms with van der Waals surface area (Å²) in [5.41, 5.74) is -0.349. The largest absolute Gasteiger partial charge is 0.480 e. The van der Waals surface area contributed by atoms with E-state index in [2.05, 4.69) is 5.32 Å². The van der Waals surface area contributed by atoms with Gasteiger partial charge in [0.2, 0.25) is 5.91 Å². The molecule has 0 radical (unpaired) electrons. The van der Waals surface area contributed by atoms with Crippen molar-refractivity contribution in [2.45, 2.75) is 70.7 Å². The van der Waals surface area contributed by atoms with Crippen LogP contribution in [0, 0.1) is 5.92 Å². The minimum absolute atomic E-state index is 0.191. The first kappa shape index (κ1) is 17.9. The van der Waals surface area contributed by atoms with E-state index in [0.29, 0.717) is 19.3 Å². The summed E-state index contributed by atoms with van der Waals surface area (Å²) in [6, 6.07) is -0.986. The van der Waals surface area contributed by atoms with Crippen molar-refractivity contribution >= 4 is 11.9 Å². The molecule has 3 atom stereocenters. The highest BCUT2D eigenvalue weighted by Crippen LogP contribution is 2.26. The molecule has 6 heteroatoms. The molecule has 1 aliphatic rings. The van der Waals surface area contributed by atoms with Gasteiger partial charge in [-0.2, -0.15) is 0 Å². The van der Waals surface area contributed by atoms with Crippen LogP contribution >= 0.6 is 0 Å². The lowest BCUT2D eigenvalue weighted by atomic mass is 9.87. The van der Waals surface area contributed by atoms with Gasteiger partial charge in [0, 0.05) is 18.9 Å². The maximum absolute atomic E-state index is 13.3. The highest BCUT2D eigenvalue weighted by atomic mass is 19.1. The van der Waals surface area contributed by atoms with Crippen molar-refractivity contribution in [2.24, 2.45) is 5.92 Å². The summed E-state index contributed by atoms with van der Waals surface area (Å²) >= 11 is 0. The van der Waals surface area contributed by atoms with Crippen molar-refractivity contribution in [2.75, 3.05) is 6.61 Å². The second-order valence-electron chi connectivity index (χ2n) is 6.61. The van der Waals surface area contributed by atoms with E-state index in [0.717, 1.165) is 0 Å². The third-order valence-corrected chi connectivity index (χ3v) is 3.54. The second kappa shape index (κ2) is 7.73. The fourth-order valence-electron chi connectivity index (χ4n) is 2.40. The van der Waals surface area contributed by atoms with Gasteiger partial charge in [-0.3, -0.25) is 4.79 Å². The predicted octanol–water partition coefficient (Wildman–Crippen LogP) is 2.29. The molecule has 21 heavy (non-hydrogen) atoms. The summed E-state index contributed by atoms with van der Waals surface area (Å²) < 4.78 is 18.8. The number of hydrogen-bond acceptors (Lipinski definition) is 3. The Kier molecular flexibility index (Phi) is 6.58. The molecule has 1 aliphatic carbocycles. The zero-order valence-electron chi connectivity index (χ0n) is 13.0. The molecule has 0 aromatic heterocycles. The van der Waals surface area contributed by atoms with Crippen LogP contribution in [0.5, 0.6) is 0 Å². The summed E-state index contributed by atoms with van der Waals surface area (Å²) in [5.74, 6) is -1.87. The van der Waals surface area contributed by atoms with Crippen molar-refractivity contribution < 1.29 is 23.8 Å². The van der Waals surface area contributed by atoms with Gasteiger partial charge in [-0.1, -0.05) is 0 Å². The molecule has 0 saturated heterocycles. The molecule has 1 amide bonds. The number of alkyl halides is 1. The molecule has 1 fully saturated rings. The predicted molar refractivity (Wildman–Crippen MR) is 76.7 cm³/mol. The Morgan fingerprint density at radius 3 is 2.57 bits per heavy atom. The average molecular weight is 303 g/mol. The standard InChI is InChI=1S/C15H26FNO4/c1-15(2,3)21-8-7-12(14(19)20)17-13(18)10-5-4-6-11(16)9-10/h10-12H,4-9H2,1-3H3,(H,17,18)(H,19,20). The molecule has 1 saturated carbocycles. The van der Waals surface area contributed by atoms with Gasteiger partial charge in [-0.25, -0.2) is 9.18 Å². The Labute approximate surface area is 125 Å². The fraction of sp³-hybridized carbons (Fsp3) is 0.867. The monoisotopic (exact) mass is 303 g/mol. The van der Waals surface area contributed by atoms with Gasteiger partial charge in [-0.15, -0.1) is 0 Å². The molecule has 0 aromatic carbocycles. The molecule has 1 rings (SSSR count). The van der Waals surface area contributed by atoms with E-state index in [9.17, 15) is 14.0 Å². The van der Waals surface area contributed by atoms with E-state index in [-0.39, 0.29) is 31.0 Å². The van der Waals surface area contributed by atoms with E-state index in [1.165, 1.54) is 0 Å². The van der Waals surface area contributed by atoms with Gasteiger partial charge in [0.1, 0.15) is 12.2 Å². The van der Waals surface area contributed by atoms with Crippen LogP contribution in [-0.4, -0.2) is 41.4 Å². The van der Waals surface area contributed by atoms with Gasteiger partial charge >= 0.3 is 5.97 Å². The van der Waals surface area contributed by atoms with Gasteiger partial charge in [0.05, 0.1) is 5.60 Å². The Hall–Kier alpha value is -1.17. The van der Waals surface area contributed by atoms with Crippen LogP contribution in [0.3, 0.4) is 0 Å². The maximum atomic E-state index is 13.3. The highest BCUT2D eigenvalue weighted by Gasteiger charge is 2.30. The van der Waals surface area contributed by atoms with Gasteiger partial charge in [0.25, 0.3) is 0 Å². The molecule has 0 heterocycles. The molecule has 0 spiro atoms. The second-order valence-corrected chi connectivity index (χ2v) is 6.61. The molecule has 0 aromatic rings. The Balaban J connectivity index is 2.46. The summed E-state index contributed by atoms with van der Waals surface area (Å²) in [4.78, 5) is 23.2. The van der Waals surface area contributed by atoms with Crippen molar-refractivity contribution in [3.8, 4) is 0 Å². The third kappa shape index (κ3) is 6.89. The first-order valence-electron chi connectivity index (χ1n) is 7.50. The maximum Gasteiger partial charge on any atom is 0.326 e. The highest BCUT2D eigenvalue weighted by molar-refractivity contribution is 5.85. The molecule has 2 N–H and O–H groups in total. The summed E-state index contributed by atoms with van der Waals surface area (Å²) in [5, 5.41) is 11.7. The number of rotatable bonds is 6. The van der Waals surface area contributed by atoms with Gasteiger partial charge in [-0.05, 0) is 46.5 Å². The topological polar surface area (TPSA) is 75.6 Å². The number of halogens is 1. The number of carbonyl (C=O) groups excluding carboxylic acids is 1. The minimum atomic E-state index is -1.09. The van der Waals surface area contributed by atoms with Crippen LogP contribution in [0.1, 0.15) is 52.9 Å². The zero-order valence-corrected chi connectivity index (χ0v) is 13.0. The van der Waals surface area contributed by atoms with Crippen LogP contribution in [0.4, 0.5) is 4.39 Å². The quantitative estimate of drug-likeness (QED) is 0.789. The van der Waals surface area contributed by atoms with Crippen molar-refractivity contribution in [1.82, 2.24) is 5.32 Å². The van der Waals surface area contributed by atoms with Gasteiger partial charge < -0.3 is 15.2 Å². The van der Waals surface area contributed by atoms with E-state index in [4.69, 9.17) is 9.84 Å². The zero-order chi connectivity index (χ0) is 16.0. The smallest absolute Gasteiger partial charge is 0.326 e. The summed E-state index contributed by atoms with van der Waals surface area (Å²) in [6.07, 6.45) is 1.22. The van der Waals surface area contributed by atoms with Crippen molar-refractivity contribution in [3.63, 3.8) is 0 Å². The molecular weight excluding hydrogens is 277 g/mol. The lowest BCUT2D eigenvalue weighted by Gasteiger charge is -2.26. The summed E-state index contributed by atoms with van der Waals surface area (Å²) in [7, 11) is 0. The number of amides is 1. The van der Waals surface area contributed by atoms with E-state index in [1.54, 1.807) is 0 Å². The summed E-state index contributed by atoms with van der Waals surface area (Å²) in [6.45, 7) is 5.89. The van der Waals surface area contributed by atoms with E-state index < -0.39 is 24.1 Å². The lowest BCUT2D eigenvalue weighted by Crippen LogP contribution is -2.45. The van der Waals surface area contributed by atoms with Crippen LogP contribution in [0.25, 0.3) is 0 Å². The number of carbonyl (C=O) groups is 2. The fourth-order valence-corrected chi connectivity index (χ4v) is 2.40. The van der Waals surface area contributed by atoms with E-state index >= 15 is 0 Å². The number of aliphatic carboxylic acids is 1. The number of carboxylic acids is 1. The first-order chi connectivity index (χ1) is 9.69. The lowest BCUT2D eigenvalue weighted by molar-refractivity contribution is -0.143. The molecule has 122 valence electrons. The average Bonchev–Trinajstić information content (AvgIpc) is 2.35. The molecule has 5 nitrogen and oxygen atoms in total. The molecule has 3 unspecified atom stereocenters. The Morgan fingerprint density at radius 2 is 2.05 bits per heavy atom. The number of nitrogens with one attached hydrogen (secondary N) is 1. The molecule has 0 bridgehead atoms. The molecule has 0 aliphatic heterocycles.